The predicted molar refractivity (Wildman–Crippen MR) is 108 cm³/mol. The normalized spacial score (nSPS) is 24.1. The van der Waals surface area contributed by atoms with Gasteiger partial charge in [0, 0.05) is 29.4 Å². The molecule has 0 unspecified atom stereocenters. The van der Waals surface area contributed by atoms with Crippen LogP contribution in [0.4, 0.5) is 5.69 Å². The SMILES string of the molecule is CCN(CC(=O)Nc1cc(Cl)ccc1C)C(=O)[C@@H]1CS[C@@]2(C)CCC(=O)N12. The summed E-state index contributed by atoms with van der Waals surface area (Å²) in [5.41, 5.74) is 1.53. The van der Waals surface area contributed by atoms with Crippen LogP contribution in [-0.2, 0) is 14.4 Å². The summed E-state index contributed by atoms with van der Waals surface area (Å²) in [4.78, 5) is 40.7. The fourth-order valence-corrected chi connectivity index (χ4v) is 5.25. The lowest BCUT2D eigenvalue weighted by atomic mass is 10.2. The summed E-state index contributed by atoms with van der Waals surface area (Å²) in [6, 6.07) is 4.79. The third-order valence-electron chi connectivity index (χ3n) is 5.23. The number of nitrogens with one attached hydrogen (secondary N) is 1. The van der Waals surface area contributed by atoms with Gasteiger partial charge in [-0.3, -0.25) is 14.4 Å². The van der Waals surface area contributed by atoms with Gasteiger partial charge >= 0.3 is 0 Å². The lowest BCUT2D eigenvalue weighted by molar-refractivity contribution is -0.144. The number of likely N-dealkylation sites (N-methyl/N-ethyl adjacent to an activating group) is 1. The van der Waals surface area contributed by atoms with E-state index in [-0.39, 0.29) is 29.1 Å². The highest BCUT2D eigenvalue weighted by atomic mass is 35.5. The van der Waals surface area contributed by atoms with Crippen LogP contribution in [0.2, 0.25) is 5.02 Å². The highest BCUT2D eigenvalue weighted by Crippen LogP contribution is 2.47. The smallest absolute Gasteiger partial charge is 0.246 e. The van der Waals surface area contributed by atoms with Gasteiger partial charge in [-0.25, -0.2) is 0 Å². The molecule has 2 fully saturated rings. The highest BCUT2D eigenvalue weighted by molar-refractivity contribution is 8.01. The largest absolute Gasteiger partial charge is 0.332 e. The van der Waals surface area contributed by atoms with Gasteiger partial charge in [-0.15, -0.1) is 11.8 Å². The first-order valence-corrected chi connectivity index (χ1v) is 10.4. The number of fused-ring (bicyclic) bond motifs is 1. The van der Waals surface area contributed by atoms with E-state index in [1.807, 2.05) is 26.8 Å². The standard InChI is InChI=1S/C19H24ClN3O3S/c1-4-22(10-16(24)21-14-9-13(20)6-5-12(14)2)18(26)15-11-27-19(3)8-7-17(25)23(15)19/h5-6,9,15H,4,7-8,10-11H2,1-3H3,(H,21,24)/t15-,19-/m0/s1. The maximum Gasteiger partial charge on any atom is 0.246 e. The van der Waals surface area contributed by atoms with Crippen molar-refractivity contribution in [3.8, 4) is 0 Å². The number of carbonyl (C=O) groups excluding carboxylic acids is 3. The molecule has 1 aromatic rings. The van der Waals surface area contributed by atoms with Crippen LogP contribution in [-0.4, -0.2) is 57.3 Å². The minimum atomic E-state index is -0.490. The molecule has 0 saturated carbocycles. The second-order valence-electron chi connectivity index (χ2n) is 7.13. The molecule has 0 spiro atoms. The zero-order chi connectivity index (χ0) is 19.8. The number of hydrogen-bond donors (Lipinski definition) is 1. The Morgan fingerprint density at radius 3 is 2.89 bits per heavy atom. The van der Waals surface area contributed by atoms with Crippen molar-refractivity contribution in [3.63, 3.8) is 0 Å². The molecule has 146 valence electrons. The van der Waals surface area contributed by atoms with Crippen LogP contribution in [0.15, 0.2) is 18.2 Å². The Kier molecular flexibility index (Phi) is 5.72. The van der Waals surface area contributed by atoms with E-state index < -0.39 is 6.04 Å². The van der Waals surface area contributed by atoms with Crippen molar-refractivity contribution in [2.45, 2.75) is 44.5 Å². The van der Waals surface area contributed by atoms with E-state index in [1.54, 1.807) is 28.8 Å². The number of nitrogens with zero attached hydrogens (tertiary/aromatic N) is 2. The number of aryl methyl sites for hydroxylation is 1. The Hall–Kier alpha value is -1.73. The topological polar surface area (TPSA) is 69.7 Å². The van der Waals surface area contributed by atoms with Gasteiger partial charge in [-0.1, -0.05) is 17.7 Å². The quantitative estimate of drug-likeness (QED) is 0.811. The summed E-state index contributed by atoms with van der Waals surface area (Å²) in [5.74, 6) is 0.154. The minimum absolute atomic E-state index is 0.0240. The van der Waals surface area contributed by atoms with E-state index in [2.05, 4.69) is 5.32 Å². The molecule has 2 aliphatic rings. The van der Waals surface area contributed by atoms with Crippen LogP contribution in [0.5, 0.6) is 0 Å². The molecule has 6 nitrogen and oxygen atoms in total. The molecule has 0 radical (unpaired) electrons. The summed E-state index contributed by atoms with van der Waals surface area (Å²) in [6.07, 6.45) is 1.24. The molecule has 2 atom stereocenters. The van der Waals surface area contributed by atoms with E-state index >= 15 is 0 Å². The summed E-state index contributed by atoms with van der Waals surface area (Å²) in [6.45, 7) is 6.08. The summed E-state index contributed by atoms with van der Waals surface area (Å²) < 4.78 is 0. The molecule has 3 rings (SSSR count). The zero-order valence-corrected chi connectivity index (χ0v) is 17.3. The highest BCUT2D eigenvalue weighted by Gasteiger charge is 2.53. The second-order valence-corrected chi connectivity index (χ2v) is 9.06. The second kappa shape index (κ2) is 7.72. The maximum absolute atomic E-state index is 13.0. The first kappa shape index (κ1) is 20.0. The van der Waals surface area contributed by atoms with Crippen LogP contribution in [0.3, 0.4) is 0 Å². The minimum Gasteiger partial charge on any atom is -0.332 e. The molecule has 3 amide bonds. The van der Waals surface area contributed by atoms with E-state index in [1.165, 1.54) is 4.90 Å². The number of amides is 3. The van der Waals surface area contributed by atoms with Crippen molar-refractivity contribution in [2.24, 2.45) is 0 Å². The van der Waals surface area contributed by atoms with Crippen molar-refractivity contribution >= 4 is 46.8 Å². The van der Waals surface area contributed by atoms with Gasteiger partial charge in [0.2, 0.25) is 17.7 Å². The Bertz CT molecular complexity index is 787. The van der Waals surface area contributed by atoms with Gasteiger partial charge < -0.3 is 15.1 Å². The fraction of sp³-hybridized carbons (Fsp3) is 0.526. The average molecular weight is 410 g/mol. The van der Waals surface area contributed by atoms with Gasteiger partial charge in [0.1, 0.15) is 6.04 Å². The van der Waals surface area contributed by atoms with Crippen molar-refractivity contribution in [2.75, 3.05) is 24.2 Å². The number of thioether (sulfide) groups is 1. The van der Waals surface area contributed by atoms with Crippen LogP contribution in [0, 0.1) is 6.92 Å². The van der Waals surface area contributed by atoms with Gasteiger partial charge in [0.25, 0.3) is 0 Å². The number of benzene rings is 1. The van der Waals surface area contributed by atoms with E-state index in [4.69, 9.17) is 11.6 Å². The van der Waals surface area contributed by atoms with Gasteiger partial charge in [-0.2, -0.15) is 0 Å². The number of halogens is 1. The molecule has 2 aliphatic heterocycles. The molecule has 2 saturated heterocycles. The first-order valence-electron chi connectivity index (χ1n) is 9.06. The third-order valence-corrected chi connectivity index (χ3v) is 6.97. The van der Waals surface area contributed by atoms with Gasteiger partial charge in [0.15, 0.2) is 0 Å². The number of hydrogen-bond acceptors (Lipinski definition) is 4. The number of rotatable bonds is 5. The molecule has 0 bridgehead atoms. The van der Waals surface area contributed by atoms with E-state index in [9.17, 15) is 14.4 Å². The lowest BCUT2D eigenvalue weighted by Gasteiger charge is -2.32. The van der Waals surface area contributed by atoms with Gasteiger partial charge in [0.05, 0.1) is 11.4 Å². The van der Waals surface area contributed by atoms with E-state index in [0.717, 1.165) is 12.0 Å². The van der Waals surface area contributed by atoms with Crippen LogP contribution in [0.1, 0.15) is 32.3 Å². The van der Waals surface area contributed by atoms with E-state index in [0.29, 0.717) is 29.4 Å². The lowest BCUT2D eigenvalue weighted by Crippen LogP contribution is -2.52. The molecule has 0 aromatic heterocycles. The summed E-state index contributed by atoms with van der Waals surface area (Å²) in [7, 11) is 0. The Labute approximate surface area is 168 Å². The summed E-state index contributed by atoms with van der Waals surface area (Å²) in [5, 5.41) is 3.36. The molecule has 27 heavy (non-hydrogen) atoms. The van der Waals surface area contributed by atoms with Crippen molar-refractivity contribution in [1.29, 1.82) is 0 Å². The van der Waals surface area contributed by atoms with Crippen LogP contribution < -0.4 is 5.32 Å². The van der Waals surface area contributed by atoms with Crippen molar-refractivity contribution in [1.82, 2.24) is 9.80 Å². The predicted octanol–water partition coefficient (Wildman–Crippen LogP) is 2.89. The number of carbonyl (C=O) groups is 3. The molecule has 0 aliphatic carbocycles. The Morgan fingerprint density at radius 1 is 1.44 bits per heavy atom. The third kappa shape index (κ3) is 3.94. The fourth-order valence-electron chi connectivity index (χ4n) is 3.65. The summed E-state index contributed by atoms with van der Waals surface area (Å²) >= 11 is 7.64. The Balaban J connectivity index is 1.68. The molecule has 1 aromatic carbocycles. The maximum atomic E-state index is 13.0. The molecule has 1 N–H and O–H groups in total. The van der Waals surface area contributed by atoms with Crippen LogP contribution in [0.25, 0.3) is 0 Å². The van der Waals surface area contributed by atoms with Crippen molar-refractivity contribution in [3.05, 3.63) is 28.8 Å². The molecular formula is C19H24ClN3O3S. The molecule has 2 heterocycles. The monoisotopic (exact) mass is 409 g/mol. The average Bonchev–Trinajstić information content (AvgIpc) is 3.11. The van der Waals surface area contributed by atoms with Gasteiger partial charge in [-0.05, 0) is 44.9 Å². The number of anilines is 1. The zero-order valence-electron chi connectivity index (χ0n) is 15.8. The first-order chi connectivity index (χ1) is 12.7. The molecular weight excluding hydrogens is 386 g/mol. The van der Waals surface area contributed by atoms with Crippen LogP contribution >= 0.6 is 23.4 Å². The Morgan fingerprint density at radius 2 is 2.19 bits per heavy atom. The van der Waals surface area contributed by atoms with Crippen molar-refractivity contribution < 1.29 is 14.4 Å². The molecule has 8 heteroatoms.